The third-order valence-corrected chi connectivity index (χ3v) is 2.66. The van der Waals surface area contributed by atoms with Crippen molar-refractivity contribution < 1.29 is 24.3 Å². The molecule has 0 bridgehead atoms. The fourth-order valence-corrected chi connectivity index (χ4v) is 1.68. The molecule has 1 aromatic rings. The standard InChI is InChI=1S/C12H15FN2O5/c1-2-3-7(16)6-14-10-4-8(12(17)18)11(15(19)20)5-9(10)13/h4-5,7,14,16H,2-3,6H2,1H3,(H,17,18). The number of rotatable bonds is 7. The molecule has 7 nitrogen and oxygen atoms in total. The van der Waals surface area contributed by atoms with Gasteiger partial charge >= 0.3 is 5.97 Å². The van der Waals surface area contributed by atoms with Crippen molar-refractivity contribution in [2.75, 3.05) is 11.9 Å². The summed E-state index contributed by atoms with van der Waals surface area (Å²) in [5.41, 5.74) is -1.61. The van der Waals surface area contributed by atoms with E-state index in [0.29, 0.717) is 12.5 Å². The molecule has 0 aliphatic rings. The van der Waals surface area contributed by atoms with Crippen molar-refractivity contribution in [2.24, 2.45) is 0 Å². The minimum atomic E-state index is -1.52. The number of carboxylic acids is 1. The van der Waals surface area contributed by atoms with Gasteiger partial charge in [0.1, 0.15) is 5.56 Å². The van der Waals surface area contributed by atoms with Gasteiger partial charge in [0.05, 0.1) is 22.8 Å². The lowest BCUT2D eigenvalue weighted by atomic mass is 10.1. The van der Waals surface area contributed by atoms with Gasteiger partial charge in [0.25, 0.3) is 5.69 Å². The number of nitrogens with zero attached hydrogens (tertiary/aromatic N) is 1. The lowest BCUT2D eigenvalue weighted by Crippen LogP contribution is -2.20. The third kappa shape index (κ3) is 3.89. The molecule has 1 aromatic carbocycles. The highest BCUT2D eigenvalue weighted by Gasteiger charge is 2.23. The van der Waals surface area contributed by atoms with Gasteiger partial charge in [-0.05, 0) is 12.5 Å². The summed E-state index contributed by atoms with van der Waals surface area (Å²) in [5, 5.41) is 31.6. The molecule has 3 N–H and O–H groups in total. The molecule has 0 amide bonds. The van der Waals surface area contributed by atoms with Gasteiger partial charge in [-0.2, -0.15) is 0 Å². The molecule has 0 aromatic heterocycles. The van der Waals surface area contributed by atoms with Crippen LogP contribution in [0.25, 0.3) is 0 Å². The smallest absolute Gasteiger partial charge is 0.342 e. The molecule has 0 radical (unpaired) electrons. The number of aromatic carboxylic acids is 1. The first-order valence-corrected chi connectivity index (χ1v) is 6.00. The number of carbonyl (C=O) groups is 1. The van der Waals surface area contributed by atoms with Crippen molar-refractivity contribution in [1.29, 1.82) is 0 Å². The Morgan fingerprint density at radius 3 is 2.70 bits per heavy atom. The second-order valence-corrected chi connectivity index (χ2v) is 4.23. The van der Waals surface area contributed by atoms with Crippen LogP contribution in [0, 0.1) is 15.9 Å². The number of hydrogen-bond donors (Lipinski definition) is 3. The monoisotopic (exact) mass is 286 g/mol. The van der Waals surface area contributed by atoms with Crippen LogP contribution < -0.4 is 5.32 Å². The fourth-order valence-electron chi connectivity index (χ4n) is 1.68. The Balaban J connectivity index is 3.01. The van der Waals surface area contributed by atoms with E-state index in [1.165, 1.54) is 0 Å². The Kier molecular flexibility index (Phi) is 5.39. The number of hydrogen-bond acceptors (Lipinski definition) is 5. The largest absolute Gasteiger partial charge is 0.477 e. The molecule has 20 heavy (non-hydrogen) atoms. The first-order chi connectivity index (χ1) is 9.36. The molecular formula is C12H15FN2O5. The van der Waals surface area contributed by atoms with E-state index in [9.17, 15) is 24.4 Å². The van der Waals surface area contributed by atoms with Gasteiger partial charge in [0, 0.05) is 6.54 Å². The summed E-state index contributed by atoms with van der Waals surface area (Å²) in [6, 6.07) is 1.41. The highest BCUT2D eigenvalue weighted by atomic mass is 19.1. The number of carboxylic acid groups (broad SMARTS) is 1. The third-order valence-electron chi connectivity index (χ3n) is 2.66. The summed E-state index contributed by atoms with van der Waals surface area (Å²) in [4.78, 5) is 20.6. The van der Waals surface area contributed by atoms with Crippen LogP contribution in [0.15, 0.2) is 12.1 Å². The Morgan fingerprint density at radius 1 is 1.55 bits per heavy atom. The number of benzene rings is 1. The Labute approximate surface area is 114 Å². The predicted molar refractivity (Wildman–Crippen MR) is 69.4 cm³/mol. The van der Waals surface area contributed by atoms with E-state index in [-0.39, 0.29) is 12.2 Å². The molecule has 0 aliphatic carbocycles. The Hall–Kier alpha value is -2.22. The molecule has 0 saturated carbocycles. The van der Waals surface area contributed by atoms with Crippen LogP contribution in [0.3, 0.4) is 0 Å². The summed E-state index contributed by atoms with van der Waals surface area (Å²) in [6.07, 6.45) is 0.544. The van der Waals surface area contributed by atoms with E-state index in [2.05, 4.69) is 5.32 Å². The number of aliphatic hydroxyl groups is 1. The lowest BCUT2D eigenvalue weighted by molar-refractivity contribution is -0.385. The molecule has 1 rings (SSSR count). The molecule has 110 valence electrons. The van der Waals surface area contributed by atoms with Crippen molar-refractivity contribution in [3.05, 3.63) is 33.6 Å². The Morgan fingerprint density at radius 2 is 2.20 bits per heavy atom. The summed E-state index contributed by atoms with van der Waals surface area (Å²) >= 11 is 0. The van der Waals surface area contributed by atoms with E-state index >= 15 is 0 Å². The molecule has 0 aliphatic heterocycles. The van der Waals surface area contributed by atoms with E-state index in [1.54, 1.807) is 0 Å². The number of nitro benzene ring substituents is 1. The molecule has 0 saturated heterocycles. The van der Waals surface area contributed by atoms with E-state index in [0.717, 1.165) is 12.5 Å². The normalized spacial score (nSPS) is 11.9. The van der Waals surface area contributed by atoms with Gasteiger partial charge < -0.3 is 15.5 Å². The number of nitro groups is 1. The van der Waals surface area contributed by atoms with E-state index in [1.807, 2.05) is 6.92 Å². The van der Waals surface area contributed by atoms with Crippen LogP contribution in [-0.2, 0) is 0 Å². The van der Waals surface area contributed by atoms with Gasteiger partial charge in [-0.15, -0.1) is 0 Å². The van der Waals surface area contributed by atoms with Crippen molar-refractivity contribution in [3.63, 3.8) is 0 Å². The summed E-state index contributed by atoms with van der Waals surface area (Å²) in [5.74, 6) is -2.46. The SMILES string of the molecule is CCCC(O)CNc1cc(C(=O)O)c([N+](=O)[O-])cc1F. The lowest BCUT2D eigenvalue weighted by Gasteiger charge is -2.13. The number of anilines is 1. The van der Waals surface area contributed by atoms with Gasteiger partial charge in [0.2, 0.25) is 0 Å². The summed E-state index contributed by atoms with van der Waals surface area (Å²) in [7, 11) is 0. The molecular weight excluding hydrogens is 271 g/mol. The summed E-state index contributed by atoms with van der Waals surface area (Å²) < 4.78 is 13.6. The fraction of sp³-hybridized carbons (Fsp3) is 0.417. The molecule has 0 spiro atoms. The van der Waals surface area contributed by atoms with Gasteiger partial charge in [-0.3, -0.25) is 10.1 Å². The van der Waals surface area contributed by atoms with Crippen LogP contribution in [0.1, 0.15) is 30.1 Å². The second kappa shape index (κ2) is 6.80. The highest BCUT2D eigenvalue weighted by molar-refractivity contribution is 5.93. The number of nitrogens with one attached hydrogen (secondary N) is 1. The molecule has 8 heteroatoms. The zero-order valence-electron chi connectivity index (χ0n) is 10.8. The van der Waals surface area contributed by atoms with Crippen LogP contribution in [0.2, 0.25) is 0 Å². The zero-order valence-corrected chi connectivity index (χ0v) is 10.8. The van der Waals surface area contributed by atoms with Gasteiger partial charge in [0.15, 0.2) is 5.82 Å². The zero-order chi connectivity index (χ0) is 15.3. The molecule has 0 heterocycles. The van der Waals surface area contributed by atoms with Crippen molar-refractivity contribution in [1.82, 2.24) is 0 Å². The average molecular weight is 286 g/mol. The predicted octanol–water partition coefficient (Wildman–Crippen LogP) is 2.00. The first kappa shape index (κ1) is 15.8. The topological polar surface area (TPSA) is 113 Å². The number of halogens is 1. The maximum atomic E-state index is 13.6. The maximum absolute atomic E-state index is 13.6. The minimum Gasteiger partial charge on any atom is -0.477 e. The van der Waals surface area contributed by atoms with E-state index < -0.39 is 34.1 Å². The minimum absolute atomic E-state index is 0.0294. The van der Waals surface area contributed by atoms with Crippen LogP contribution in [-0.4, -0.2) is 33.8 Å². The van der Waals surface area contributed by atoms with Gasteiger partial charge in [-0.25, -0.2) is 9.18 Å². The van der Waals surface area contributed by atoms with Crippen molar-refractivity contribution in [3.8, 4) is 0 Å². The van der Waals surface area contributed by atoms with Crippen LogP contribution in [0.5, 0.6) is 0 Å². The molecule has 0 fully saturated rings. The molecule has 1 atom stereocenters. The van der Waals surface area contributed by atoms with Crippen LogP contribution in [0.4, 0.5) is 15.8 Å². The van der Waals surface area contributed by atoms with E-state index in [4.69, 9.17) is 5.11 Å². The van der Waals surface area contributed by atoms with Gasteiger partial charge in [-0.1, -0.05) is 13.3 Å². The molecule has 1 unspecified atom stereocenters. The van der Waals surface area contributed by atoms with Crippen molar-refractivity contribution >= 4 is 17.3 Å². The number of aliphatic hydroxyl groups excluding tert-OH is 1. The quantitative estimate of drug-likeness (QED) is 0.522. The highest BCUT2D eigenvalue weighted by Crippen LogP contribution is 2.26. The Bertz CT molecular complexity index is 521. The summed E-state index contributed by atoms with van der Waals surface area (Å²) in [6.45, 7) is 1.90. The second-order valence-electron chi connectivity index (χ2n) is 4.23. The first-order valence-electron chi connectivity index (χ1n) is 6.00. The van der Waals surface area contributed by atoms with Crippen molar-refractivity contribution in [2.45, 2.75) is 25.9 Å². The maximum Gasteiger partial charge on any atom is 0.342 e. The van der Waals surface area contributed by atoms with Crippen LogP contribution >= 0.6 is 0 Å². The average Bonchev–Trinajstić information content (AvgIpc) is 2.36.